The average Bonchev–Trinajstić information content (AvgIpc) is 3.05. The lowest BCUT2D eigenvalue weighted by molar-refractivity contribution is -0.143. The highest BCUT2D eigenvalue weighted by Crippen LogP contribution is 2.43. The lowest BCUT2D eigenvalue weighted by Crippen LogP contribution is -2.38. The molecule has 0 bridgehead atoms. The molecule has 0 aliphatic carbocycles. The zero-order chi connectivity index (χ0) is 19.6. The molecule has 27 heavy (non-hydrogen) atoms. The number of hydrogen-bond donors (Lipinski definition) is 1. The van der Waals surface area contributed by atoms with Crippen LogP contribution in [-0.2, 0) is 24.2 Å². The van der Waals surface area contributed by atoms with Crippen molar-refractivity contribution in [1.82, 2.24) is 0 Å². The van der Waals surface area contributed by atoms with E-state index in [1.807, 2.05) is 0 Å². The normalized spacial score (nSPS) is 24.8. The lowest BCUT2D eigenvalue weighted by Gasteiger charge is -2.26. The molecule has 2 aliphatic heterocycles. The van der Waals surface area contributed by atoms with Gasteiger partial charge in [0.2, 0.25) is 0 Å². The van der Waals surface area contributed by atoms with Crippen molar-refractivity contribution in [2.45, 2.75) is 11.3 Å². The topological polar surface area (TPSA) is 123 Å². The van der Waals surface area contributed by atoms with Gasteiger partial charge in [-0.05, 0) is 12.1 Å². The maximum absolute atomic E-state index is 12.1. The summed E-state index contributed by atoms with van der Waals surface area (Å²) in [5, 5.41) is 8.67. The highest BCUT2D eigenvalue weighted by Gasteiger charge is 2.50. The molecule has 0 radical (unpaired) electrons. The average molecular weight is 414 g/mol. The molecule has 0 spiro atoms. The summed E-state index contributed by atoms with van der Waals surface area (Å²) in [5.41, 5.74) is 0.620. The van der Waals surface area contributed by atoms with Crippen LogP contribution < -0.4 is 9.64 Å². The zero-order valence-electron chi connectivity index (χ0n) is 14.4. The molecular weight excluding hydrogens is 396 g/mol. The van der Waals surface area contributed by atoms with E-state index in [-0.39, 0.29) is 22.8 Å². The van der Waals surface area contributed by atoms with Gasteiger partial charge in [0.15, 0.2) is 15.0 Å². The van der Waals surface area contributed by atoms with E-state index >= 15 is 0 Å². The third kappa shape index (κ3) is 4.42. The van der Waals surface area contributed by atoms with E-state index in [2.05, 4.69) is 4.99 Å². The lowest BCUT2D eigenvalue weighted by atomic mass is 10.2. The molecule has 11 heteroatoms. The molecule has 9 nitrogen and oxygen atoms in total. The van der Waals surface area contributed by atoms with Crippen LogP contribution in [0, 0.1) is 0 Å². The fourth-order valence-electron chi connectivity index (χ4n) is 3.04. The van der Waals surface area contributed by atoms with E-state index in [0.29, 0.717) is 16.6 Å². The number of para-hydroxylation sites is 2. The van der Waals surface area contributed by atoms with Gasteiger partial charge in [0.1, 0.15) is 19.0 Å². The molecule has 2 atom stereocenters. The number of ether oxygens (including phenoxy) is 2. The van der Waals surface area contributed by atoms with Crippen LogP contribution in [0.25, 0.3) is 0 Å². The Kier molecular flexibility index (Phi) is 5.72. The molecule has 0 saturated carbocycles. The summed E-state index contributed by atoms with van der Waals surface area (Å²) in [4.78, 5) is 28.3. The molecule has 1 aromatic rings. The molecule has 2 heterocycles. The smallest absolute Gasteiger partial charge is 0.329 e. The minimum atomic E-state index is -3.17. The number of methoxy groups -OCH3 is 1. The van der Waals surface area contributed by atoms with Crippen molar-refractivity contribution in [2.24, 2.45) is 4.99 Å². The van der Waals surface area contributed by atoms with E-state index < -0.39 is 34.9 Å². The fraction of sp³-hybridized carbons (Fsp3) is 0.438. The molecule has 2 fully saturated rings. The predicted molar refractivity (Wildman–Crippen MR) is 100 cm³/mol. The monoisotopic (exact) mass is 414 g/mol. The van der Waals surface area contributed by atoms with E-state index in [0.717, 1.165) is 0 Å². The van der Waals surface area contributed by atoms with Crippen molar-refractivity contribution < 1.29 is 32.6 Å². The van der Waals surface area contributed by atoms with E-state index in [4.69, 9.17) is 14.6 Å². The number of hydrogen-bond acceptors (Lipinski definition) is 7. The maximum atomic E-state index is 12.1. The summed E-state index contributed by atoms with van der Waals surface area (Å²) in [6.07, 6.45) is 0. The van der Waals surface area contributed by atoms with Gasteiger partial charge in [-0.15, -0.1) is 0 Å². The molecule has 2 saturated heterocycles. The summed E-state index contributed by atoms with van der Waals surface area (Å²) < 4.78 is 34.3. The SMILES string of the molecule is COc1ccccc1N1C(=NC(=O)COCC(=O)O)S[C@@H]2CS(=O)(=O)C[C@H]21. The summed E-state index contributed by atoms with van der Waals surface area (Å²) in [6.45, 7) is -1.06. The second-order valence-corrected chi connectivity index (χ2v) is 9.38. The number of aliphatic imine (C=N–C) groups is 1. The van der Waals surface area contributed by atoms with Crippen LogP contribution in [0.3, 0.4) is 0 Å². The van der Waals surface area contributed by atoms with Crippen molar-refractivity contribution in [3.63, 3.8) is 0 Å². The highest BCUT2D eigenvalue weighted by atomic mass is 32.2. The summed E-state index contributed by atoms with van der Waals surface area (Å²) in [5.74, 6) is -1.31. The number of amidine groups is 1. The van der Waals surface area contributed by atoms with E-state index in [1.54, 1.807) is 29.2 Å². The number of nitrogens with zero attached hydrogens (tertiary/aromatic N) is 2. The van der Waals surface area contributed by atoms with Gasteiger partial charge in [-0.3, -0.25) is 4.79 Å². The molecule has 0 aromatic heterocycles. The van der Waals surface area contributed by atoms with Crippen LogP contribution >= 0.6 is 11.8 Å². The maximum Gasteiger partial charge on any atom is 0.329 e. The third-order valence-corrected chi connectivity index (χ3v) is 7.29. The molecule has 0 unspecified atom stereocenters. The number of benzene rings is 1. The first-order valence-corrected chi connectivity index (χ1v) is 10.7. The van der Waals surface area contributed by atoms with Crippen LogP contribution in [0.2, 0.25) is 0 Å². The Labute approximate surface area is 160 Å². The number of carbonyl (C=O) groups is 2. The minimum Gasteiger partial charge on any atom is -0.495 e. The Morgan fingerprint density at radius 2 is 2.04 bits per heavy atom. The van der Waals surface area contributed by atoms with Crippen molar-refractivity contribution in [2.75, 3.05) is 36.7 Å². The Morgan fingerprint density at radius 3 is 2.74 bits per heavy atom. The van der Waals surface area contributed by atoms with Gasteiger partial charge >= 0.3 is 5.97 Å². The molecule has 1 N–H and O–H groups in total. The second-order valence-electron chi connectivity index (χ2n) is 6.02. The molecular formula is C16H18N2O7S2. The first kappa shape index (κ1) is 19.6. The van der Waals surface area contributed by atoms with Gasteiger partial charge in [0.25, 0.3) is 5.91 Å². The largest absolute Gasteiger partial charge is 0.495 e. The first-order chi connectivity index (χ1) is 12.8. The van der Waals surface area contributed by atoms with E-state index in [1.165, 1.54) is 18.9 Å². The van der Waals surface area contributed by atoms with Gasteiger partial charge in [-0.25, -0.2) is 13.2 Å². The van der Waals surface area contributed by atoms with Gasteiger partial charge in [-0.2, -0.15) is 4.99 Å². The van der Waals surface area contributed by atoms with Gasteiger partial charge in [-0.1, -0.05) is 23.9 Å². The summed E-state index contributed by atoms with van der Waals surface area (Å²) >= 11 is 1.22. The standard InChI is InChI=1S/C16H18N2O7S2/c1-24-12-5-3-2-4-10(12)18-11-8-27(22,23)9-13(11)26-16(18)17-14(19)6-25-7-15(20)21/h2-5,11,13H,6-9H2,1H3,(H,20,21)/t11-,13-/m1/s1. The second kappa shape index (κ2) is 7.87. The van der Waals surface area contributed by atoms with Crippen LogP contribution in [-0.4, -0.2) is 73.7 Å². The van der Waals surface area contributed by atoms with Gasteiger partial charge in [0, 0.05) is 5.25 Å². The number of thioether (sulfide) groups is 1. The molecule has 1 aromatic carbocycles. The Bertz CT molecular complexity index is 885. The number of anilines is 1. The molecule has 1 amide bonds. The Morgan fingerprint density at radius 1 is 1.30 bits per heavy atom. The van der Waals surface area contributed by atoms with Gasteiger partial charge < -0.3 is 19.5 Å². The van der Waals surface area contributed by atoms with Crippen molar-refractivity contribution >= 4 is 44.3 Å². The van der Waals surface area contributed by atoms with Gasteiger partial charge in [0.05, 0.1) is 30.3 Å². The number of aliphatic carboxylic acids is 1. The molecule has 2 aliphatic rings. The Hall–Kier alpha value is -2.11. The number of carboxylic acids is 1. The summed E-state index contributed by atoms with van der Waals surface area (Å²) in [6, 6.07) is 6.73. The molecule has 146 valence electrons. The highest BCUT2D eigenvalue weighted by molar-refractivity contribution is 8.16. The zero-order valence-corrected chi connectivity index (χ0v) is 16.0. The van der Waals surface area contributed by atoms with E-state index in [9.17, 15) is 18.0 Å². The number of carbonyl (C=O) groups excluding carboxylic acids is 1. The van der Waals surface area contributed by atoms with Crippen LogP contribution in [0.15, 0.2) is 29.3 Å². The van der Waals surface area contributed by atoms with Crippen LogP contribution in [0.5, 0.6) is 5.75 Å². The van der Waals surface area contributed by atoms with Crippen molar-refractivity contribution in [1.29, 1.82) is 0 Å². The quantitative estimate of drug-likeness (QED) is 0.704. The minimum absolute atomic E-state index is 0.0106. The fourth-order valence-corrected chi connectivity index (χ4v) is 6.96. The summed E-state index contributed by atoms with van der Waals surface area (Å²) in [7, 11) is -1.67. The number of rotatable bonds is 6. The predicted octanol–water partition coefficient (Wildman–Crippen LogP) is 0.398. The van der Waals surface area contributed by atoms with Crippen LogP contribution in [0.4, 0.5) is 5.69 Å². The molecule has 3 rings (SSSR count). The number of amides is 1. The number of sulfone groups is 1. The van der Waals surface area contributed by atoms with Crippen molar-refractivity contribution in [3.8, 4) is 5.75 Å². The number of carboxylic acid groups (broad SMARTS) is 1. The third-order valence-electron chi connectivity index (χ3n) is 4.08. The number of fused-ring (bicyclic) bond motifs is 1. The first-order valence-electron chi connectivity index (χ1n) is 8.01. The van der Waals surface area contributed by atoms with Crippen molar-refractivity contribution in [3.05, 3.63) is 24.3 Å². The Balaban J connectivity index is 1.90. The van der Waals surface area contributed by atoms with Crippen LogP contribution in [0.1, 0.15) is 0 Å².